The topological polar surface area (TPSA) is 237 Å². The van der Waals surface area contributed by atoms with Gasteiger partial charge in [0, 0.05) is 25.7 Å². The van der Waals surface area contributed by atoms with Crippen LogP contribution in [-0.4, -0.2) is 96.7 Å². The third-order valence-corrected chi connectivity index (χ3v) is 18.0. The highest BCUT2D eigenvalue weighted by Gasteiger charge is 2.30. The summed E-state index contributed by atoms with van der Waals surface area (Å²) in [6.07, 6.45) is 51.5. The standard InChI is InChI=1S/C69H134O17P2/c1-5-9-13-17-21-24-26-28-30-31-33-35-37-40-44-48-52-56-69(74)86-65(60-80-67(72)54-50-46-42-39-36-34-32-29-27-25-22-18-14-10-6-2)62-84-88(77,78)82-58-63(70)57-81-87(75,76)83-61-64(59-79-66(71)53-49-45-41-20-16-12-8-4)85-68(73)55-51-47-43-38-23-19-15-11-7-3/h63-65,70H,5-62H2,1-4H3,(H,75,76)(H,77,78)/t63-,64+,65+/m0/s1. The van der Waals surface area contributed by atoms with E-state index in [9.17, 15) is 43.2 Å². The normalized spacial score (nSPS) is 14.0. The molecular weight excluding hydrogens is 1160 g/mol. The zero-order valence-electron chi connectivity index (χ0n) is 56.7. The molecule has 0 bridgehead atoms. The van der Waals surface area contributed by atoms with Crippen LogP contribution in [0.3, 0.4) is 0 Å². The molecule has 0 aliphatic heterocycles. The van der Waals surface area contributed by atoms with Crippen LogP contribution in [0.5, 0.6) is 0 Å². The van der Waals surface area contributed by atoms with Crippen LogP contribution in [0.25, 0.3) is 0 Å². The maximum atomic E-state index is 13.0. The minimum Gasteiger partial charge on any atom is -0.462 e. The number of aliphatic hydroxyl groups excluding tert-OH is 1. The molecule has 0 saturated heterocycles. The lowest BCUT2D eigenvalue weighted by Gasteiger charge is -2.21. The summed E-state index contributed by atoms with van der Waals surface area (Å²) in [5, 5.41) is 10.6. The van der Waals surface area contributed by atoms with E-state index < -0.39 is 97.5 Å². The van der Waals surface area contributed by atoms with Crippen LogP contribution in [0.4, 0.5) is 0 Å². The molecule has 0 spiro atoms. The summed E-state index contributed by atoms with van der Waals surface area (Å²) in [5.74, 6) is -2.13. The number of carbonyl (C=O) groups excluding carboxylic acids is 4. The molecular formula is C69H134O17P2. The molecule has 0 aliphatic rings. The van der Waals surface area contributed by atoms with Crippen molar-refractivity contribution in [3.8, 4) is 0 Å². The predicted molar refractivity (Wildman–Crippen MR) is 354 cm³/mol. The van der Waals surface area contributed by atoms with Crippen LogP contribution in [0.1, 0.15) is 362 Å². The average molecular weight is 1300 g/mol. The Bertz CT molecular complexity index is 1690. The van der Waals surface area contributed by atoms with E-state index in [-0.39, 0.29) is 25.7 Å². The first-order valence-corrected chi connectivity index (χ1v) is 39.3. The van der Waals surface area contributed by atoms with Gasteiger partial charge in [0.1, 0.15) is 19.3 Å². The Morgan fingerprint density at radius 2 is 0.455 bits per heavy atom. The van der Waals surface area contributed by atoms with E-state index in [1.54, 1.807) is 0 Å². The quantitative estimate of drug-likeness (QED) is 0.0222. The molecule has 19 heteroatoms. The van der Waals surface area contributed by atoms with Gasteiger partial charge < -0.3 is 33.8 Å². The Morgan fingerprint density at radius 3 is 0.670 bits per heavy atom. The molecule has 2 unspecified atom stereocenters. The molecule has 3 N–H and O–H groups in total. The Hall–Kier alpha value is -1.94. The fraction of sp³-hybridized carbons (Fsp3) is 0.942. The molecule has 88 heavy (non-hydrogen) atoms. The molecule has 0 amide bonds. The van der Waals surface area contributed by atoms with E-state index in [2.05, 4.69) is 27.7 Å². The second-order valence-electron chi connectivity index (χ2n) is 24.9. The lowest BCUT2D eigenvalue weighted by atomic mass is 10.0. The van der Waals surface area contributed by atoms with Crippen molar-refractivity contribution in [2.45, 2.75) is 380 Å². The van der Waals surface area contributed by atoms with Crippen molar-refractivity contribution in [3.05, 3.63) is 0 Å². The van der Waals surface area contributed by atoms with Gasteiger partial charge in [-0.3, -0.25) is 37.3 Å². The van der Waals surface area contributed by atoms with Gasteiger partial charge in [-0.25, -0.2) is 9.13 Å². The number of ether oxygens (including phenoxy) is 4. The van der Waals surface area contributed by atoms with Crippen LogP contribution in [-0.2, 0) is 65.4 Å². The number of phosphoric ester groups is 2. The van der Waals surface area contributed by atoms with Crippen molar-refractivity contribution in [2.24, 2.45) is 0 Å². The largest absolute Gasteiger partial charge is 0.472 e. The van der Waals surface area contributed by atoms with E-state index in [1.807, 2.05) is 0 Å². The molecule has 522 valence electrons. The SMILES string of the molecule is CCCCCCCCCCCCCCCCCCCC(=O)O[C@H](COC(=O)CCCCCCCCCCCCCCCCC)COP(=O)(O)OC[C@@H](O)COP(=O)(O)OC[C@@H](COC(=O)CCCCCCCCC)OC(=O)CCCCCCCCCCC. The molecule has 0 rings (SSSR count). The van der Waals surface area contributed by atoms with E-state index >= 15 is 0 Å². The third kappa shape index (κ3) is 62.8. The Morgan fingerprint density at radius 1 is 0.273 bits per heavy atom. The van der Waals surface area contributed by atoms with Gasteiger partial charge in [0.05, 0.1) is 26.4 Å². The molecule has 0 radical (unpaired) electrons. The fourth-order valence-electron chi connectivity index (χ4n) is 10.5. The fourth-order valence-corrected chi connectivity index (χ4v) is 12.1. The summed E-state index contributed by atoms with van der Waals surface area (Å²) in [6.45, 7) is 4.89. The first kappa shape index (κ1) is 86.1. The summed E-state index contributed by atoms with van der Waals surface area (Å²) < 4.78 is 68.1. The van der Waals surface area contributed by atoms with Gasteiger partial charge in [-0.15, -0.1) is 0 Å². The zero-order valence-corrected chi connectivity index (χ0v) is 58.5. The molecule has 0 heterocycles. The van der Waals surface area contributed by atoms with Crippen molar-refractivity contribution in [2.75, 3.05) is 39.6 Å². The molecule has 0 aromatic heterocycles. The maximum absolute atomic E-state index is 13.0. The molecule has 5 atom stereocenters. The van der Waals surface area contributed by atoms with Crippen molar-refractivity contribution in [1.29, 1.82) is 0 Å². The first-order chi connectivity index (χ1) is 42.7. The van der Waals surface area contributed by atoms with Crippen LogP contribution >= 0.6 is 15.6 Å². The number of aliphatic hydroxyl groups is 1. The van der Waals surface area contributed by atoms with Crippen LogP contribution in [0, 0.1) is 0 Å². The zero-order chi connectivity index (χ0) is 64.7. The molecule has 0 aromatic rings. The smallest absolute Gasteiger partial charge is 0.462 e. The van der Waals surface area contributed by atoms with Crippen molar-refractivity contribution >= 4 is 39.5 Å². The van der Waals surface area contributed by atoms with E-state index in [1.165, 1.54) is 180 Å². The molecule has 0 aromatic carbocycles. The molecule has 0 saturated carbocycles. The number of rotatable bonds is 70. The van der Waals surface area contributed by atoms with Crippen molar-refractivity contribution < 1.29 is 80.2 Å². The number of phosphoric acid groups is 2. The summed E-state index contributed by atoms with van der Waals surface area (Å²) >= 11 is 0. The molecule has 0 fully saturated rings. The van der Waals surface area contributed by atoms with Crippen molar-refractivity contribution in [3.63, 3.8) is 0 Å². The third-order valence-electron chi connectivity index (χ3n) is 16.1. The van der Waals surface area contributed by atoms with E-state index in [0.29, 0.717) is 25.7 Å². The minimum absolute atomic E-state index is 0.106. The Kier molecular flexibility index (Phi) is 62.4. The number of esters is 4. The summed E-state index contributed by atoms with van der Waals surface area (Å²) in [4.78, 5) is 72.3. The average Bonchev–Trinajstić information content (AvgIpc) is 3.68. The second-order valence-corrected chi connectivity index (χ2v) is 27.8. The first-order valence-electron chi connectivity index (χ1n) is 36.3. The highest BCUT2D eigenvalue weighted by molar-refractivity contribution is 7.47. The van der Waals surface area contributed by atoms with Gasteiger partial charge in [-0.1, -0.05) is 310 Å². The van der Waals surface area contributed by atoms with Crippen LogP contribution in [0.15, 0.2) is 0 Å². The number of carbonyl (C=O) groups is 4. The van der Waals surface area contributed by atoms with Crippen LogP contribution in [0.2, 0.25) is 0 Å². The Balaban J connectivity index is 5.18. The summed E-state index contributed by atoms with van der Waals surface area (Å²) in [5.41, 5.74) is 0. The molecule has 0 aliphatic carbocycles. The highest BCUT2D eigenvalue weighted by Crippen LogP contribution is 2.45. The second kappa shape index (κ2) is 63.8. The highest BCUT2D eigenvalue weighted by atomic mass is 31.2. The minimum atomic E-state index is -4.95. The van der Waals surface area contributed by atoms with Gasteiger partial charge in [-0.05, 0) is 25.7 Å². The van der Waals surface area contributed by atoms with Gasteiger partial charge in [0.15, 0.2) is 12.2 Å². The van der Waals surface area contributed by atoms with Gasteiger partial charge in [-0.2, -0.15) is 0 Å². The number of hydrogen-bond acceptors (Lipinski definition) is 15. The van der Waals surface area contributed by atoms with E-state index in [0.717, 1.165) is 103 Å². The summed E-state index contributed by atoms with van der Waals surface area (Å²) in [6, 6.07) is 0. The number of unbranched alkanes of at least 4 members (excludes halogenated alkanes) is 44. The monoisotopic (exact) mass is 1300 g/mol. The predicted octanol–water partition coefficient (Wildman–Crippen LogP) is 19.9. The maximum Gasteiger partial charge on any atom is 0.472 e. The summed E-state index contributed by atoms with van der Waals surface area (Å²) in [7, 11) is -9.89. The lowest BCUT2D eigenvalue weighted by molar-refractivity contribution is -0.161. The Labute approximate surface area is 537 Å². The van der Waals surface area contributed by atoms with Crippen molar-refractivity contribution in [1.82, 2.24) is 0 Å². The van der Waals surface area contributed by atoms with E-state index in [4.69, 9.17) is 37.0 Å². The van der Waals surface area contributed by atoms with Gasteiger partial charge in [0.2, 0.25) is 0 Å². The molecule has 17 nitrogen and oxygen atoms in total. The number of hydrogen-bond donors (Lipinski definition) is 3. The lowest BCUT2D eigenvalue weighted by Crippen LogP contribution is -2.30. The van der Waals surface area contributed by atoms with Gasteiger partial charge >= 0.3 is 39.5 Å². The van der Waals surface area contributed by atoms with Crippen LogP contribution < -0.4 is 0 Å². The van der Waals surface area contributed by atoms with Gasteiger partial charge in [0.25, 0.3) is 0 Å².